The van der Waals surface area contributed by atoms with Crippen LogP contribution in [0.1, 0.15) is 24.4 Å². The molecule has 0 aliphatic carbocycles. The third kappa shape index (κ3) is 3.28. The maximum atomic E-state index is 12.1. The largest absolute Gasteiger partial charge is 0.324 e. The Labute approximate surface area is 123 Å². The molecule has 110 valence electrons. The van der Waals surface area contributed by atoms with Crippen LogP contribution < -0.4 is 5.32 Å². The molecule has 1 atom stereocenters. The molecule has 1 amide bonds. The van der Waals surface area contributed by atoms with Crippen LogP contribution in [0, 0.1) is 0 Å². The van der Waals surface area contributed by atoms with Gasteiger partial charge in [-0.05, 0) is 31.5 Å². The number of amides is 1. The zero-order valence-corrected chi connectivity index (χ0v) is 12.1. The monoisotopic (exact) mass is 285 g/mol. The van der Waals surface area contributed by atoms with Crippen LogP contribution in [0.25, 0.3) is 0 Å². The number of rotatable bonds is 4. The van der Waals surface area contributed by atoms with Gasteiger partial charge in [-0.25, -0.2) is 0 Å². The zero-order chi connectivity index (χ0) is 14.7. The van der Waals surface area contributed by atoms with E-state index in [1.807, 2.05) is 36.3 Å². The number of pyridine rings is 1. The molecule has 1 aliphatic heterocycles. The summed E-state index contributed by atoms with van der Waals surface area (Å²) in [6.45, 7) is 1.34. The summed E-state index contributed by atoms with van der Waals surface area (Å²) in [4.78, 5) is 18.4. The van der Waals surface area contributed by atoms with Crippen LogP contribution in [-0.2, 0) is 11.8 Å². The summed E-state index contributed by atoms with van der Waals surface area (Å²) < 4.78 is 1.81. The minimum absolute atomic E-state index is 0.00112. The lowest BCUT2D eigenvalue weighted by atomic mass is 10.1. The number of hydrogen-bond acceptors (Lipinski definition) is 4. The van der Waals surface area contributed by atoms with Crippen molar-refractivity contribution in [1.29, 1.82) is 0 Å². The van der Waals surface area contributed by atoms with Crippen LogP contribution in [0.5, 0.6) is 0 Å². The summed E-state index contributed by atoms with van der Waals surface area (Å²) in [5.41, 5.74) is 1.92. The van der Waals surface area contributed by atoms with Gasteiger partial charge in [0.1, 0.15) is 0 Å². The van der Waals surface area contributed by atoms with Crippen molar-refractivity contribution < 1.29 is 4.79 Å². The first kappa shape index (κ1) is 13.8. The van der Waals surface area contributed by atoms with Crippen molar-refractivity contribution in [3.8, 4) is 0 Å². The molecule has 0 aromatic carbocycles. The van der Waals surface area contributed by atoms with E-state index in [4.69, 9.17) is 0 Å². The molecule has 0 spiro atoms. The fourth-order valence-electron chi connectivity index (χ4n) is 2.83. The minimum Gasteiger partial charge on any atom is -0.324 e. The lowest BCUT2D eigenvalue weighted by molar-refractivity contribution is -0.117. The number of likely N-dealkylation sites (tertiary alicyclic amines) is 1. The summed E-state index contributed by atoms with van der Waals surface area (Å²) in [7, 11) is 1.91. The quantitative estimate of drug-likeness (QED) is 0.926. The lowest BCUT2D eigenvalue weighted by Gasteiger charge is -2.22. The van der Waals surface area contributed by atoms with E-state index in [1.54, 1.807) is 12.4 Å². The molecular formula is C15H19N5O. The van der Waals surface area contributed by atoms with E-state index in [1.165, 1.54) is 5.56 Å². The predicted molar refractivity (Wildman–Crippen MR) is 79.6 cm³/mol. The molecule has 1 aliphatic rings. The molecule has 2 aromatic rings. The Hall–Kier alpha value is -2.21. The van der Waals surface area contributed by atoms with E-state index < -0.39 is 0 Å². The van der Waals surface area contributed by atoms with Crippen LogP contribution in [0.2, 0.25) is 0 Å². The van der Waals surface area contributed by atoms with E-state index >= 15 is 0 Å². The third-order valence-electron chi connectivity index (χ3n) is 3.77. The Kier molecular flexibility index (Phi) is 3.96. The van der Waals surface area contributed by atoms with Gasteiger partial charge in [-0.1, -0.05) is 0 Å². The molecule has 21 heavy (non-hydrogen) atoms. The molecule has 3 heterocycles. The molecule has 6 nitrogen and oxygen atoms in total. The number of hydrogen-bond donors (Lipinski definition) is 1. The van der Waals surface area contributed by atoms with Gasteiger partial charge in [0.15, 0.2) is 0 Å². The first-order valence-electron chi connectivity index (χ1n) is 7.15. The van der Waals surface area contributed by atoms with Crippen molar-refractivity contribution in [2.45, 2.75) is 18.9 Å². The number of anilines is 1. The molecule has 2 aromatic heterocycles. The van der Waals surface area contributed by atoms with Crippen molar-refractivity contribution in [2.75, 3.05) is 18.4 Å². The molecule has 0 bridgehead atoms. The first-order valence-corrected chi connectivity index (χ1v) is 7.15. The Morgan fingerprint density at radius 3 is 3.10 bits per heavy atom. The first-order chi connectivity index (χ1) is 10.2. The van der Waals surface area contributed by atoms with Gasteiger partial charge in [-0.15, -0.1) is 0 Å². The number of nitrogens with one attached hydrogen (secondary N) is 1. The van der Waals surface area contributed by atoms with E-state index in [9.17, 15) is 4.79 Å². The number of aryl methyl sites for hydroxylation is 1. The highest BCUT2D eigenvalue weighted by atomic mass is 16.2. The van der Waals surface area contributed by atoms with Gasteiger partial charge in [0.05, 0.1) is 24.6 Å². The number of carbonyl (C=O) groups is 1. The second-order valence-electron chi connectivity index (χ2n) is 5.37. The minimum atomic E-state index is -0.00112. The van der Waals surface area contributed by atoms with Crippen LogP contribution in [-0.4, -0.2) is 38.7 Å². The Morgan fingerprint density at radius 1 is 1.48 bits per heavy atom. The zero-order valence-electron chi connectivity index (χ0n) is 12.1. The highest BCUT2D eigenvalue weighted by Crippen LogP contribution is 2.31. The van der Waals surface area contributed by atoms with Gasteiger partial charge in [0.25, 0.3) is 0 Å². The van der Waals surface area contributed by atoms with Crippen molar-refractivity contribution in [1.82, 2.24) is 19.7 Å². The Balaban J connectivity index is 1.62. The third-order valence-corrected chi connectivity index (χ3v) is 3.77. The van der Waals surface area contributed by atoms with E-state index in [0.29, 0.717) is 12.6 Å². The summed E-state index contributed by atoms with van der Waals surface area (Å²) in [6, 6.07) is 3.94. The molecule has 6 heteroatoms. The standard InChI is InChI=1S/C15H19N5O/c1-19-10-12(8-17-19)14-5-3-7-20(14)11-15(21)18-13-4-2-6-16-9-13/h2,4,6,8-10,14H,3,5,7,11H2,1H3,(H,18,21). The van der Waals surface area contributed by atoms with Crippen molar-refractivity contribution >= 4 is 11.6 Å². The number of aromatic nitrogens is 3. The SMILES string of the molecule is Cn1cc(C2CCCN2CC(=O)Nc2cccnc2)cn1. The Morgan fingerprint density at radius 2 is 2.38 bits per heavy atom. The fourth-order valence-corrected chi connectivity index (χ4v) is 2.83. The molecule has 3 rings (SSSR count). The average Bonchev–Trinajstić information content (AvgIpc) is 3.08. The maximum Gasteiger partial charge on any atom is 0.238 e. The smallest absolute Gasteiger partial charge is 0.238 e. The molecule has 1 saturated heterocycles. The van der Waals surface area contributed by atoms with Crippen LogP contribution >= 0.6 is 0 Å². The molecule has 1 unspecified atom stereocenters. The van der Waals surface area contributed by atoms with Crippen molar-refractivity contribution in [2.24, 2.45) is 7.05 Å². The van der Waals surface area contributed by atoms with Crippen LogP contribution in [0.3, 0.4) is 0 Å². The normalized spacial score (nSPS) is 18.8. The summed E-state index contributed by atoms with van der Waals surface area (Å²) >= 11 is 0. The summed E-state index contributed by atoms with van der Waals surface area (Å²) in [5, 5.41) is 7.11. The fraction of sp³-hybridized carbons (Fsp3) is 0.400. The van der Waals surface area contributed by atoms with Crippen molar-refractivity contribution in [3.05, 3.63) is 42.5 Å². The van der Waals surface area contributed by atoms with E-state index in [2.05, 4.69) is 20.3 Å². The lowest BCUT2D eigenvalue weighted by Crippen LogP contribution is -2.32. The topological polar surface area (TPSA) is 63.1 Å². The molecular weight excluding hydrogens is 266 g/mol. The van der Waals surface area contributed by atoms with Gasteiger partial charge >= 0.3 is 0 Å². The second-order valence-corrected chi connectivity index (χ2v) is 5.37. The Bertz CT molecular complexity index is 610. The highest BCUT2D eigenvalue weighted by molar-refractivity contribution is 5.92. The number of carbonyl (C=O) groups excluding carboxylic acids is 1. The maximum absolute atomic E-state index is 12.1. The van der Waals surface area contributed by atoms with Gasteiger partial charge in [0.2, 0.25) is 5.91 Å². The van der Waals surface area contributed by atoms with E-state index in [0.717, 1.165) is 25.1 Å². The molecule has 0 saturated carbocycles. The van der Waals surface area contributed by atoms with Crippen molar-refractivity contribution in [3.63, 3.8) is 0 Å². The van der Waals surface area contributed by atoms with Gasteiger partial charge in [-0.2, -0.15) is 5.10 Å². The number of nitrogens with zero attached hydrogens (tertiary/aromatic N) is 4. The van der Waals surface area contributed by atoms with Crippen LogP contribution in [0.15, 0.2) is 36.9 Å². The molecule has 1 fully saturated rings. The second kappa shape index (κ2) is 6.05. The average molecular weight is 285 g/mol. The summed E-state index contributed by atoms with van der Waals surface area (Å²) in [6.07, 6.45) is 9.45. The van der Waals surface area contributed by atoms with Gasteiger partial charge in [0, 0.05) is 31.0 Å². The molecule has 0 radical (unpaired) electrons. The van der Waals surface area contributed by atoms with Gasteiger partial charge in [-0.3, -0.25) is 19.4 Å². The van der Waals surface area contributed by atoms with Gasteiger partial charge < -0.3 is 5.32 Å². The van der Waals surface area contributed by atoms with E-state index in [-0.39, 0.29) is 5.91 Å². The van der Waals surface area contributed by atoms with Crippen LogP contribution in [0.4, 0.5) is 5.69 Å². The highest BCUT2D eigenvalue weighted by Gasteiger charge is 2.28. The summed E-state index contributed by atoms with van der Waals surface area (Å²) in [5.74, 6) is -0.00112. The molecule has 1 N–H and O–H groups in total. The predicted octanol–water partition coefficient (Wildman–Crippen LogP) is 1.59.